The predicted octanol–water partition coefficient (Wildman–Crippen LogP) is 4.53. The molecule has 3 aromatic rings. The number of carbonyl (C=O) groups excluding carboxylic acids is 1. The number of amides is 1. The lowest BCUT2D eigenvalue weighted by Crippen LogP contribution is -2.12. The van der Waals surface area contributed by atoms with Gasteiger partial charge in [0.2, 0.25) is 0 Å². The summed E-state index contributed by atoms with van der Waals surface area (Å²) >= 11 is 0. The van der Waals surface area contributed by atoms with E-state index in [1.54, 1.807) is 6.20 Å². The van der Waals surface area contributed by atoms with Crippen LogP contribution >= 0.6 is 0 Å². The van der Waals surface area contributed by atoms with Crippen LogP contribution in [0.4, 0.5) is 17.1 Å². The number of imidazole rings is 1. The zero-order valence-electron chi connectivity index (χ0n) is 13.7. The second-order valence-electron chi connectivity index (χ2n) is 5.86. The Balaban J connectivity index is 1.64. The number of anilines is 3. The van der Waals surface area contributed by atoms with Gasteiger partial charge in [0.05, 0.1) is 6.20 Å². The summed E-state index contributed by atoms with van der Waals surface area (Å²) < 4.78 is 0. The third-order valence-corrected chi connectivity index (χ3v) is 3.59. The molecule has 0 aliphatic heterocycles. The molecule has 122 valence electrons. The van der Waals surface area contributed by atoms with Crippen molar-refractivity contribution in [2.75, 3.05) is 10.6 Å². The number of aromatic amines is 1. The summed E-state index contributed by atoms with van der Waals surface area (Å²) in [6.45, 7) is 4.05. The smallest absolute Gasteiger partial charge is 0.273 e. The molecule has 1 amide bonds. The SMILES string of the molecule is CC(C)c1ncc(C(=O)Nc2ccc(Nc3ccccc3)cc2)[nH]1. The van der Waals surface area contributed by atoms with Gasteiger partial charge in [-0.3, -0.25) is 4.79 Å². The van der Waals surface area contributed by atoms with Gasteiger partial charge < -0.3 is 15.6 Å². The van der Waals surface area contributed by atoms with Gasteiger partial charge >= 0.3 is 0 Å². The van der Waals surface area contributed by atoms with Gasteiger partial charge in [-0.05, 0) is 36.4 Å². The third-order valence-electron chi connectivity index (χ3n) is 3.59. The highest BCUT2D eigenvalue weighted by Gasteiger charge is 2.11. The van der Waals surface area contributed by atoms with E-state index in [1.165, 1.54) is 0 Å². The first-order valence-electron chi connectivity index (χ1n) is 7.90. The number of hydrogen-bond donors (Lipinski definition) is 3. The number of aromatic nitrogens is 2. The molecule has 0 saturated heterocycles. The molecule has 5 heteroatoms. The standard InChI is InChI=1S/C19H20N4O/c1-13(2)18-20-12-17(23-18)19(24)22-16-10-8-15(9-11-16)21-14-6-4-3-5-7-14/h3-13,21H,1-2H3,(H,20,23)(H,22,24). The van der Waals surface area contributed by atoms with Crippen LogP contribution in [0.5, 0.6) is 0 Å². The molecule has 0 unspecified atom stereocenters. The van der Waals surface area contributed by atoms with E-state index in [9.17, 15) is 4.79 Å². The minimum atomic E-state index is -0.196. The number of para-hydroxylation sites is 1. The Labute approximate surface area is 141 Å². The second kappa shape index (κ2) is 7.00. The Morgan fingerprint density at radius 3 is 2.21 bits per heavy atom. The van der Waals surface area contributed by atoms with E-state index in [4.69, 9.17) is 0 Å². The summed E-state index contributed by atoms with van der Waals surface area (Å²) in [7, 11) is 0. The molecule has 0 spiro atoms. The average Bonchev–Trinajstić information content (AvgIpc) is 3.08. The van der Waals surface area contributed by atoms with Crippen LogP contribution in [-0.4, -0.2) is 15.9 Å². The zero-order valence-corrected chi connectivity index (χ0v) is 13.7. The van der Waals surface area contributed by atoms with Crippen molar-refractivity contribution in [3.63, 3.8) is 0 Å². The molecule has 2 aromatic carbocycles. The fourth-order valence-electron chi connectivity index (χ4n) is 2.27. The first kappa shape index (κ1) is 15.8. The van der Waals surface area contributed by atoms with Crippen LogP contribution in [0.15, 0.2) is 60.8 Å². The largest absolute Gasteiger partial charge is 0.356 e. The Morgan fingerprint density at radius 2 is 1.58 bits per heavy atom. The molecule has 0 atom stereocenters. The van der Waals surface area contributed by atoms with Gasteiger partial charge in [-0.2, -0.15) is 0 Å². The number of rotatable bonds is 5. The number of benzene rings is 2. The number of H-pyrrole nitrogens is 1. The monoisotopic (exact) mass is 320 g/mol. The first-order chi connectivity index (χ1) is 11.6. The van der Waals surface area contributed by atoms with Crippen molar-refractivity contribution in [3.05, 3.63) is 72.3 Å². The van der Waals surface area contributed by atoms with Gasteiger partial charge in [0.25, 0.3) is 5.91 Å². The Hall–Kier alpha value is -3.08. The maximum absolute atomic E-state index is 12.2. The summed E-state index contributed by atoms with van der Waals surface area (Å²) in [5.74, 6) is 0.871. The van der Waals surface area contributed by atoms with E-state index < -0.39 is 0 Å². The molecule has 5 nitrogen and oxygen atoms in total. The van der Waals surface area contributed by atoms with Crippen LogP contribution < -0.4 is 10.6 Å². The molecule has 0 aliphatic carbocycles. The van der Waals surface area contributed by atoms with E-state index in [0.717, 1.165) is 22.9 Å². The van der Waals surface area contributed by atoms with Crippen molar-refractivity contribution in [1.82, 2.24) is 9.97 Å². The lowest BCUT2D eigenvalue weighted by atomic mass is 10.2. The highest BCUT2D eigenvalue weighted by atomic mass is 16.1. The molecule has 0 saturated carbocycles. The summed E-state index contributed by atoms with van der Waals surface area (Å²) in [5.41, 5.74) is 3.18. The maximum atomic E-state index is 12.2. The van der Waals surface area contributed by atoms with Crippen molar-refractivity contribution in [2.24, 2.45) is 0 Å². The zero-order chi connectivity index (χ0) is 16.9. The third kappa shape index (κ3) is 3.81. The number of nitrogens with zero attached hydrogens (tertiary/aromatic N) is 1. The minimum absolute atomic E-state index is 0.196. The predicted molar refractivity (Wildman–Crippen MR) is 96.8 cm³/mol. The van der Waals surface area contributed by atoms with Crippen molar-refractivity contribution < 1.29 is 4.79 Å². The van der Waals surface area contributed by atoms with Crippen LogP contribution in [-0.2, 0) is 0 Å². The quantitative estimate of drug-likeness (QED) is 0.647. The molecule has 3 N–H and O–H groups in total. The molecular formula is C19H20N4O. The van der Waals surface area contributed by atoms with Gasteiger partial charge in [0.15, 0.2) is 0 Å². The normalized spacial score (nSPS) is 10.6. The van der Waals surface area contributed by atoms with Crippen LogP contribution in [0.3, 0.4) is 0 Å². The summed E-state index contributed by atoms with van der Waals surface area (Å²) in [6.07, 6.45) is 1.57. The van der Waals surface area contributed by atoms with Crippen LogP contribution in [0.25, 0.3) is 0 Å². The molecule has 24 heavy (non-hydrogen) atoms. The van der Waals surface area contributed by atoms with Gasteiger partial charge in [-0.25, -0.2) is 4.98 Å². The van der Waals surface area contributed by atoms with Gasteiger partial charge in [0, 0.05) is 23.0 Å². The molecule has 0 fully saturated rings. The van der Waals surface area contributed by atoms with Crippen molar-refractivity contribution >= 4 is 23.0 Å². The molecule has 0 bridgehead atoms. The van der Waals surface area contributed by atoms with Crippen LogP contribution in [0.2, 0.25) is 0 Å². The van der Waals surface area contributed by atoms with Crippen molar-refractivity contribution in [2.45, 2.75) is 19.8 Å². The lowest BCUT2D eigenvalue weighted by molar-refractivity contribution is 0.102. The van der Waals surface area contributed by atoms with E-state index in [0.29, 0.717) is 5.69 Å². The van der Waals surface area contributed by atoms with E-state index in [1.807, 2.05) is 68.4 Å². The summed E-state index contributed by atoms with van der Waals surface area (Å²) in [6, 6.07) is 17.5. The number of carbonyl (C=O) groups is 1. The van der Waals surface area contributed by atoms with Crippen molar-refractivity contribution in [3.8, 4) is 0 Å². The highest BCUT2D eigenvalue weighted by Crippen LogP contribution is 2.19. The topological polar surface area (TPSA) is 69.8 Å². The molecule has 3 rings (SSSR count). The van der Waals surface area contributed by atoms with E-state index >= 15 is 0 Å². The second-order valence-corrected chi connectivity index (χ2v) is 5.86. The fourth-order valence-corrected chi connectivity index (χ4v) is 2.27. The molecule has 0 radical (unpaired) electrons. The Kier molecular flexibility index (Phi) is 4.61. The van der Waals surface area contributed by atoms with Gasteiger partial charge in [0.1, 0.15) is 11.5 Å². The lowest BCUT2D eigenvalue weighted by Gasteiger charge is -2.08. The van der Waals surface area contributed by atoms with Crippen LogP contribution in [0, 0.1) is 0 Å². The van der Waals surface area contributed by atoms with Crippen LogP contribution in [0.1, 0.15) is 36.1 Å². The van der Waals surface area contributed by atoms with Crippen molar-refractivity contribution in [1.29, 1.82) is 0 Å². The number of nitrogens with one attached hydrogen (secondary N) is 3. The van der Waals surface area contributed by atoms with Gasteiger partial charge in [-0.15, -0.1) is 0 Å². The summed E-state index contributed by atoms with van der Waals surface area (Å²) in [4.78, 5) is 19.5. The minimum Gasteiger partial charge on any atom is -0.356 e. The highest BCUT2D eigenvalue weighted by molar-refractivity contribution is 6.02. The first-order valence-corrected chi connectivity index (χ1v) is 7.90. The Bertz CT molecular complexity index is 807. The Morgan fingerprint density at radius 1 is 0.958 bits per heavy atom. The molecule has 1 heterocycles. The van der Waals surface area contributed by atoms with Gasteiger partial charge in [-0.1, -0.05) is 32.0 Å². The summed E-state index contributed by atoms with van der Waals surface area (Å²) in [5, 5.41) is 6.17. The molecule has 0 aliphatic rings. The molecule has 1 aromatic heterocycles. The van der Waals surface area contributed by atoms with E-state index in [-0.39, 0.29) is 11.8 Å². The average molecular weight is 320 g/mol. The number of hydrogen-bond acceptors (Lipinski definition) is 3. The fraction of sp³-hybridized carbons (Fsp3) is 0.158. The molecular weight excluding hydrogens is 300 g/mol. The van der Waals surface area contributed by atoms with E-state index in [2.05, 4.69) is 20.6 Å². The maximum Gasteiger partial charge on any atom is 0.273 e.